The SMILES string of the molecule is CC(C)(C)c1cc(-c2cccc(-c3cc(C(C)(C)C)cc(C(C)(C)C)c3)c2N=Cc2cccc(-c3c4ccccc4cc4ccccc34)c2O)cc(C(C)(C)C)c1. The Morgan fingerprint density at radius 2 is 0.807 bits per heavy atom. The molecule has 0 unspecified atom stereocenters. The van der Waals surface area contributed by atoms with Crippen LogP contribution in [0.1, 0.15) is 111 Å². The van der Waals surface area contributed by atoms with Crippen LogP contribution in [-0.2, 0) is 21.7 Å². The Morgan fingerprint density at radius 1 is 0.421 bits per heavy atom. The molecular weight excluding hydrogens is 691 g/mol. The third-order valence-corrected chi connectivity index (χ3v) is 11.4. The number of fused-ring (bicyclic) bond motifs is 2. The number of benzene rings is 7. The number of rotatable bonds is 5. The smallest absolute Gasteiger partial charge is 0.132 e. The highest BCUT2D eigenvalue weighted by Crippen LogP contribution is 2.45. The zero-order valence-electron chi connectivity index (χ0n) is 36.1. The number of aliphatic imine (C=N–C) groups is 1. The van der Waals surface area contributed by atoms with E-state index in [9.17, 15) is 5.11 Å². The summed E-state index contributed by atoms with van der Waals surface area (Å²) in [7, 11) is 0. The fraction of sp³-hybridized carbons (Fsp3) is 0.291. The lowest BCUT2D eigenvalue weighted by atomic mass is 9.78. The number of hydrogen-bond donors (Lipinski definition) is 1. The van der Waals surface area contributed by atoms with Crippen LogP contribution in [0.2, 0.25) is 0 Å². The Kier molecular flexibility index (Phi) is 10.1. The Morgan fingerprint density at radius 3 is 1.23 bits per heavy atom. The number of nitrogens with zero attached hydrogens (tertiary/aromatic N) is 1. The van der Waals surface area contributed by atoms with Crippen LogP contribution in [0.5, 0.6) is 5.75 Å². The van der Waals surface area contributed by atoms with Crippen molar-refractivity contribution in [2.45, 2.75) is 105 Å². The van der Waals surface area contributed by atoms with Crippen molar-refractivity contribution in [3.05, 3.63) is 155 Å². The Balaban J connectivity index is 1.50. The van der Waals surface area contributed by atoms with Gasteiger partial charge < -0.3 is 5.11 Å². The summed E-state index contributed by atoms with van der Waals surface area (Å²) in [4.78, 5) is 5.43. The predicted octanol–water partition coefficient (Wildman–Crippen LogP) is 15.6. The largest absolute Gasteiger partial charge is 0.507 e. The van der Waals surface area contributed by atoms with E-state index in [1.54, 1.807) is 0 Å². The van der Waals surface area contributed by atoms with Crippen LogP contribution in [0.4, 0.5) is 5.69 Å². The molecule has 0 atom stereocenters. The van der Waals surface area contributed by atoms with Gasteiger partial charge in [0, 0.05) is 34.0 Å². The first kappa shape index (κ1) is 39.8. The van der Waals surface area contributed by atoms with Crippen molar-refractivity contribution in [2.75, 3.05) is 0 Å². The average Bonchev–Trinajstić information content (AvgIpc) is 3.15. The maximum atomic E-state index is 12.2. The molecule has 0 saturated heterocycles. The molecule has 1 N–H and O–H groups in total. The molecule has 0 aliphatic heterocycles. The Labute approximate surface area is 341 Å². The van der Waals surface area contributed by atoms with Gasteiger partial charge in [-0.2, -0.15) is 0 Å². The molecule has 7 aromatic carbocycles. The molecule has 7 rings (SSSR count). The van der Waals surface area contributed by atoms with Gasteiger partial charge in [0.05, 0.1) is 5.69 Å². The molecule has 7 aromatic rings. The molecule has 0 aromatic heterocycles. The molecule has 0 bridgehead atoms. The van der Waals surface area contributed by atoms with Crippen molar-refractivity contribution >= 4 is 33.4 Å². The third kappa shape index (κ3) is 8.06. The second-order valence-electron chi connectivity index (χ2n) is 20.0. The lowest BCUT2D eigenvalue weighted by Gasteiger charge is -2.27. The molecule has 0 amide bonds. The summed E-state index contributed by atoms with van der Waals surface area (Å²) < 4.78 is 0. The van der Waals surface area contributed by atoms with Gasteiger partial charge in [0.2, 0.25) is 0 Å². The quantitative estimate of drug-likeness (QED) is 0.138. The zero-order chi connectivity index (χ0) is 41.1. The number of phenolic OH excluding ortho intramolecular Hbond substituents is 1. The fourth-order valence-electron chi connectivity index (χ4n) is 7.75. The van der Waals surface area contributed by atoms with Gasteiger partial charge in [0.15, 0.2) is 0 Å². The summed E-state index contributed by atoms with van der Waals surface area (Å²) in [5.74, 6) is 0.219. The third-order valence-electron chi connectivity index (χ3n) is 11.4. The number of aromatic hydroxyl groups is 1. The number of phenols is 1. The molecule has 0 heterocycles. The first-order valence-electron chi connectivity index (χ1n) is 20.4. The van der Waals surface area contributed by atoms with Crippen LogP contribution < -0.4 is 0 Å². The molecule has 2 nitrogen and oxygen atoms in total. The molecule has 0 fully saturated rings. The molecule has 0 aliphatic carbocycles. The van der Waals surface area contributed by atoms with Crippen molar-refractivity contribution in [1.82, 2.24) is 0 Å². The van der Waals surface area contributed by atoms with E-state index in [1.165, 1.54) is 22.3 Å². The highest BCUT2D eigenvalue weighted by atomic mass is 16.3. The molecular formula is C55H59NO. The van der Waals surface area contributed by atoms with Gasteiger partial charge in [-0.15, -0.1) is 0 Å². The van der Waals surface area contributed by atoms with E-state index in [-0.39, 0.29) is 27.4 Å². The van der Waals surface area contributed by atoms with Gasteiger partial charge in [0.1, 0.15) is 5.75 Å². The van der Waals surface area contributed by atoms with E-state index in [4.69, 9.17) is 4.99 Å². The highest BCUT2D eigenvalue weighted by molar-refractivity contribution is 6.14. The van der Waals surface area contributed by atoms with Gasteiger partial charge in [-0.25, -0.2) is 0 Å². The summed E-state index contributed by atoms with van der Waals surface area (Å²) >= 11 is 0. The summed E-state index contributed by atoms with van der Waals surface area (Å²) in [6.45, 7) is 27.4. The lowest BCUT2D eigenvalue weighted by Crippen LogP contribution is -2.16. The first-order valence-corrected chi connectivity index (χ1v) is 20.4. The van der Waals surface area contributed by atoms with E-state index in [0.717, 1.165) is 60.6 Å². The Hall–Kier alpha value is -5.47. The molecule has 2 heteroatoms. The van der Waals surface area contributed by atoms with Crippen LogP contribution in [0.25, 0.3) is 54.9 Å². The van der Waals surface area contributed by atoms with Gasteiger partial charge in [0.25, 0.3) is 0 Å². The van der Waals surface area contributed by atoms with E-state index < -0.39 is 0 Å². The molecule has 0 spiro atoms. The van der Waals surface area contributed by atoms with Crippen LogP contribution >= 0.6 is 0 Å². The second kappa shape index (κ2) is 14.5. The van der Waals surface area contributed by atoms with Crippen LogP contribution in [0, 0.1) is 0 Å². The fourth-order valence-corrected chi connectivity index (χ4v) is 7.75. The lowest BCUT2D eigenvalue weighted by molar-refractivity contribution is 0.476. The normalized spacial score (nSPS) is 12.9. The van der Waals surface area contributed by atoms with E-state index >= 15 is 0 Å². The van der Waals surface area contributed by atoms with Gasteiger partial charge >= 0.3 is 0 Å². The summed E-state index contributed by atoms with van der Waals surface area (Å²) in [6.07, 6.45) is 1.87. The standard InChI is InChI=1S/C55H59NO/c1-52(2,3)40-28-38(29-41(32-40)53(4,5)6)46-24-18-25-47(39-30-42(54(7,8)9)33-43(31-39)55(10,11)12)50(46)56-34-37-21-17-26-48(51(37)57)49-44-22-15-13-19-35(44)27-36-20-14-16-23-45(36)49/h13-34,57H,1-12H3. The van der Waals surface area contributed by atoms with Crippen molar-refractivity contribution in [3.8, 4) is 39.1 Å². The molecule has 290 valence electrons. The van der Waals surface area contributed by atoms with E-state index in [0.29, 0.717) is 5.56 Å². The van der Waals surface area contributed by atoms with Crippen molar-refractivity contribution < 1.29 is 5.11 Å². The Bertz CT molecular complexity index is 2450. The van der Waals surface area contributed by atoms with Crippen molar-refractivity contribution in [2.24, 2.45) is 4.99 Å². The summed E-state index contributed by atoms with van der Waals surface area (Å²) in [5.41, 5.74) is 12.8. The minimum absolute atomic E-state index is 0.0439. The molecule has 0 saturated carbocycles. The van der Waals surface area contributed by atoms with Crippen LogP contribution in [-0.4, -0.2) is 11.3 Å². The molecule has 0 aliphatic rings. The van der Waals surface area contributed by atoms with Gasteiger partial charge in [-0.3, -0.25) is 4.99 Å². The van der Waals surface area contributed by atoms with E-state index in [2.05, 4.69) is 192 Å². The van der Waals surface area contributed by atoms with E-state index in [1.807, 2.05) is 24.4 Å². The summed E-state index contributed by atoms with van der Waals surface area (Å²) in [6, 6.07) is 45.9. The number of hydrogen-bond acceptors (Lipinski definition) is 2. The molecule has 0 radical (unpaired) electrons. The van der Waals surface area contributed by atoms with Crippen LogP contribution in [0.3, 0.4) is 0 Å². The zero-order valence-corrected chi connectivity index (χ0v) is 36.1. The average molecular weight is 750 g/mol. The predicted molar refractivity (Wildman–Crippen MR) is 248 cm³/mol. The molecule has 57 heavy (non-hydrogen) atoms. The van der Waals surface area contributed by atoms with Crippen LogP contribution in [0.15, 0.2) is 132 Å². The van der Waals surface area contributed by atoms with Crippen molar-refractivity contribution in [1.29, 1.82) is 0 Å². The maximum absolute atomic E-state index is 12.2. The first-order chi connectivity index (χ1) is 26.7. The van der Waals surface area contributed by atoms with Gasteiger partial charge in [-0.05, 0) is 88.7 Å². The van der Waals surface area contributed by atoms with Crippen molar-refractivity contribution in [3.63, 3.8) is 0 Å². The monoisotopic (exact) mass is 749 g/mol. The minimum Gasteiger partial charge on any atom is -0.507 e. The summed E-state index contributed by atoms with van der Waals surface area (Å²) in [5, 5.41) is 16.7. The second-order valence-corrected chi connectivity index (χ2v) is 20.0. The number of para-hydroxylation sites is 2. The topological polar surface area (TPSA) is 32.6 Å². The van der Waals surface area contributed by atoms with Gasteiger partial charge in [-0.1, -0.05) is 198 Å². The minimum atomic E-state index is -0.0439. The maximum Gasteiger partial charge on any atom is 0.132 e. The highest BCUT2D eigenvalue weighted by Gasteiger charge is 2.25.